The summed E-state index contributed by atoms with van der Waals surface area (Å²) >= 11 is 0. The zero-order valence-corrected chi connectivity index (χ0v) is 8.81. The summed E-state index contributed by atoms with van der Waals surface area (Å²) in [7, 11) is 0. The number of aryl methyl sites for hydroxylation is 2. The van der Waals surface area contributed by atoms with Crippen molar-refractivity contribution in [1.29, 1.82) is 0 Å². The van der Waals surface area contributed by atoms with Crippen molar-refractivity contribution >= 4 is 0 Å². The Morgan fingerprint density at radius 1 is 1.33 bits per heavy atom. The van der Waals surface area contributed by atoms with Gasteiger partial charge in [0.1, 0.15) is 0 Å². The Bertz CT molecular complexity index is 474. The first-order valence-corrected chi connectivity index (χ1v) is 4.77. The molecule has 5 nitrogen and oxygen atoms in total. The van der Waals surface area contributed by atoms with Crippen LogP contribution >= 0.6 is 0 Å². The summed E-state index contributed by atoms with van der Waals surface area (Å²) in [4.78, 5) is 0. The number of aromatic nitrogens is 4. The van der Waals surface area contributed by atoms with Crippen LogP contribution in [-0.4, -0.2) is 20.2 Å². The highest BCUT2D eigenvalue weighted by molar-refractivity contribution is 5.42. The molecule has 0 aliphatic rings. The molecule has 0 unspecified atom stereocenters. The molecule has 0 saturated heterocycles. The molecule has 2 N–H and O–H groups in total. The Labute approximate surface area is 87.9 Å². The van der Waals surface area contributed by atoms with Gasteiger partial charge < -0.3 is 5.73 Å². The Morgan fingerprint density at radius 3 is 2.87 bits per heavy atom. The first-order chi connectivity index (χ1) is 7.22. The molecule has 5 heteroatoms. The topological polar surface area (TPSA) is 69.6 Å². The Kier molecular flexibility index (Phi) is 2.47. The molecule has 1 aromatic carbocycles. The lowest BCUT2D eigenvalue weighted by Crippen LogP contribution is -2.09. The highest BCUT2D eigenvalue weighted by atomic mass is 15.5. The Balaban J connectivity index is 2.58. The van der Waals surface area contributed by atoms with Gasteiger partial charge in [-0.25, -0.2) is 0 Å². The van der Waals surface area contributed by atoms with Crippen molar-refractivity contribution in [1.82, 2.24) is 20.2 Å². The molecule has 0 saturated carbocycles. The van der Waals surface area contributed by atoms with Crippen molar-refractivity contribution in [3.63, 3.8) is 0 Å². The molecule has 78 valence electrons. The first-order valence-electron chi connectivity index (χ1n) is 4.77. The molecule has 1 heterocycles. The minimum absolute atomic E-state index is 0.334. The zero-order valence-electron chi connectivity index (χ0n) is 8.81. The van der Waals surface area contributed by atoms with E-state index >= 15 is 0 Å². The lowest BCUT2D eigenvalue weighted by Gasteiger charge is -2.07. The zero-order chi connectivity index (χ0) is 10.8. The van der Waals surface area contributed by atoms with Crippen LogP contribution in [0.2, 0.25) is 0 Å². The third-order valence-corrected chi connectivity index (χ3v) is 2.31. The van der Waals surface area contributed by atoms with Gasteiger partial charge in [-0.3, -0.25) is 0 Å². The van der Waals surface area contributed by atoms with Crippen LogP contribution < -0.4 is 5.73 Å². The van der Waals surface area contributed by atoms with E-state index < -0.39 is 0 Å². The number of hydrogen-bond acceptors (Lipinski definition) is 4. The Morgan fingerprint density at radius 2 is 2.13 bits per heavy atom. The summed E-state index contributed by atoms with van der Waals surface area (Å²) in [6.45, 7) is 4.40. The van der Waals surface area contributed by atoms with E-state index in [2.05, 4.69) is 21.6 Å². The van der Waals surface area contributed by atoms with Crippen LogP contribution in [-0.2, 0) is 6.54 Å². The molecule has 0 atom stereocenters. The van der Waals surface area contributed by atoms with Gasteiger partial charge in [0.05, 0.1) is 12.2 Å². The van der Waals surface area contributed by atoms with Gasteiger partial charge in [-0.1, -0.05) is 12.1 Å². The van der Waals surface area contributed by atoms with Gasteiger partial charge in [-0.15, -0.1) is 5.10 Å². The van der Waals surface area contributed by atoms with E-state index in [4.69, 9.17) is 5.73 Å². The molecule has 2 aromatic rings. The molecule has 0 aliphatic heterocycles. The number of benzene rings is 1. The lowest BCUT2D eigenvalue weighted by atomic mass is 10.1. The van der Waals surface area contributed by atoms with E-state index in [9.17, 15) is 0 Å². The number of rotatable bonds is 2. The van der Waals surface area contributed by atoms with Gasteiger partial charge in [0.25, 0.3) is 0 Å². The second kappa shape index (κ2) is 3.78. The average molecular weight is 203 g/mol. The fourth-order valence-electron chi connectivity index (χ4n) is 1.47. The molecular formula is C10H13N5. The fourth-order valence-corrected chi connectivity index (χ4v) is 1.47. The molecule has 0 aliphatic carbocycles. The van der Waals surface area contributed by atoms with E-state index in [-0.39, 0.29) is 0 Å². The normalized spacial score (nSPS) is 10.6. The van der Waals surface area contributed by atoms with Crippen molar-refractivity contribution < 1.29 is 0 Å². The maximum Gasteiger partial charge on any atom is 0.170 e. The molecule has 0 fully saturated rings. The van der Waals surface area contributed by atoms with Crippen molar-refractivity contribution in [2.24, 2.45) is 5.73 Å². The van der Waals surface area contributed by atoms with Crippen molar-refractivity contribution in [3.8, 4) is 5.69 Å². The van der Waals surface area contributed by atoms with Crippen LogP contribution in [0.4, 0.5) is 0 Å². The maximum atomic E-state index is 5.56. The van der Waals surface area contributed by atoms with Gasteiger partial charge in [-0.05, 0) is 41.5 Å². The predicted octanol–water partition coefficient (Wildman–Crippen LogP) is 0.738. The summed E-state index contributed by atoms with van der Waals surface area (Å²) < 4.78 is 1.68. The summed E-state index contributed by atoms with van der Waals surface area (Å²) in [5.74, 6) is 0.670. The van der Waals surface area contributed by atoms with Gasteiger partial charge >= 0.3 is 0 Å². The molecule has 0 radical (unpaired) electrons. The number of hydrogen-bond donors (Lipinski definition) is 1. The van der Waals surface area contributed by atoms with Crippen LogP contribution in [0.15, 0.2) is 18.2 Å². The standard InChI is InChI=1S/C10H13N5/c1-7-3-4-8(2)9(5-7)15-10(6-11)12-13-14-15/h3-5H,6,11H2,1-2H3. The smallest absolute Gasteiger partial charge is 0.170 e. The highest BCUT2D eigenvalue weighted by Crippen LogP contribution is 2.15. The van der Waals surface area contributed by atoms with Crippen LogP contribution in [0.5, 0.6) is 0 Å². The number of nitrogens with zero attached hydrogens (tertiary/aromatic N) is 4. The molecular weight excluding hydrogens is 190 g/mol. The second-order valence-corrected chi connectivity index (χ2v) is 3.50. The summed E-state index contributed by atoms with van der Waals surface area (Å²) in [6, 6.07) is 6.16. The van der Waals surface area contributed by atoms with Gasteiger partial charge in [0.15, 0.2) is 5.82 Å². The van der Waals surface area contributed by atoms with Gasteiger partial charge in [-0.2, -0.15) is 4.68 Å². The summed E-state index contributed by atoms with van der Waals surface area (Å²) in [5, 5.41) is 11.4. The monoisotopic (exact) mass is 203 g/mol. The van der Waals surface area contributed by atoms with Crippen LogP contribution in [0.3, 0.4) is 0 Å². The average Bonchev–Trinajstić information content (AvgIpc) is 2.69. The van der Waals surface area contributed by atoms with Crippen molar-refractivity contribution in [3.05, 3.63) is 35.2 Å². The highest BCUT2D eigenvalue weighted by Gasteiger charge is 2.08. The number of nitrogens with two attached hydrogens (primary N) is 1. The van der Waals surface area contributed by atoms with E-state index in [1.54, 1.807) is 4.68 Å². The van der Waals surface area contributed by atoms with E-state index in [0.717, 1.165) is 11.3 Å². The maximum absolute atomic E-state index is 5.56. The first kappa shape index (κ1) is 9.79. The molecule has 15 heavy (non-hydrogen) atoms. The van der Waals surface area contributed by atoms with Gasteiger partial charge in [0, 0.05) is 0 Å². The van der Waals surface area contributed by atoms with Crippen molar-refractivity contribution in [2.45, 2.75) is 20.4 Å². The third-order valence-electron chi connectivity index (χ3n) is 2.31. The van der Waals surface area contributed by atoms with E-state index in [1.165, 1.54) is 5.56 Å². The van der Waals surface area contributed by atoms with E-state index in [1.807, 2.05) is 26.0 Å². The van der Waals surface area contributed by atoms with Gasteiger partial charge in [0.2, 0.25) is 0 Å². The largest absolute Gasteiger partial charge is 0.324 e. The van der Waals surface area contributed by atoms with Crippen LogP contribution in [0.25, 0.3) is 5.69 Å². The van der Waals surface area contributed by atoms with Crippen LogP contribution in [0.1, 0.15) is 17.0 Å². The summed E-state index contributed by atoms with van der Waals surface area (Å²) in [5.41, 5.74) is 8.85. The SMILES string of the molecule is Cc1ccc(C)c(-n2nnnc2CN)c1. The third kappa shape index (κ3) is 1.73. The van der Waals surface area contributed by atoms with Crippen LogP contribution in [0, 0.1) is 13.8 Å². The van der Waals surface area contributed by atoms with E-state index in [0.29, 0.717) is 12.4 Å². The fraction of sp³-hybridized carbons (Fsp3) is 0.300. The summed E-state index contributed by atoms with van der Waals surface area (Å²) in [6.07, 6.45) is 0. The second-order valence-electron chi connectivity index (χ2n) is 3.50. The molecule has 0 amide bonds. The number of tetrazole rings is 1. The minimum atomic E-state index is 0.334. The minimum Gasteiger partial charge on any atom is -0.324 e. The molecule has 0 bridgehead atoms. The predicted molar refractivity (Wildman–Crippen MR) is 56.5 cm³/mol. The molecule has 0 spiro atoms. The lowest BCUT2D eigenvalue weighted by molar-refractivity contribution is 0.757. The molecule has 1 aromatic heterocycles. The Hall–Kier alpha value is -1.75. The van der Waals surface area contributed by atoms with Crippen molar-refractivity contribution in [2.75, 3.05) is 0 Å². The molecule has 2 rings (SSSR count). The quantitative estimate of drug-likeness (QED) is 0.781.